The van der Waals surface area contributed by atoms with E-state index in [1.54, 1.807) is 24.3 Å². The summed E-state index contributed by atoms with van der Waals surface area (Å²) in [5.41, 5.74) is 1.05. The lowest BCUT2D eigenvalue weighted by molar-refractivity contribution is 0.0640. The maximum Gasteiger partial charge on any atom is 0.324 e. The lowest BCUT2D eigenvalue weighted by Gasteiger charge is -2.34. The first-order valence-electron chi connectivity index (χ1n) is 10.5. The van der Waals surface area contributed by atoms with Crippen LogP contribution in [0.1, 0.15) is 72.5 Å². The Labute approximate surface area is 171 Å². The molecule has 2 amide bonds. The number of imide groups is 1. The van der Waals surface area contributed by atoms with Crippen molar-refractivity contribution in [3.8, 4) is 0 Å². The van der Waals surface area contributed by atoms with Gasteiger partial charge < -0.3 is 9.42 Å². The number of hydrogen-bond acceptors (Lipinski definition) is 6. The predicted octanol–water partition coefficient (Wildman–Crippen LogP) is 3.73. The van der Waals surface area contributed by atoms with Crippen molar-refractivity contribution < 1.29 is 14.1 Å². The van der Waals surface area contributed by atoms with E-state index in [2.05, 4.69) is 35.8 Å². The summed E-state index contributed by atoms with van der Waals surface area (Å²) in [7, 11) is 0. The smallest absolute Gasteiger partial charge is 0.324 e. The van der Waals surface area contributed by atoms with E-state index in [-0.39, 0.29) is 17.7 Å². The molecular formula is C22H28N4O3. The number of hydrogen-bond donors (Lipinski definition) is 0. The van der Waals surface area contributed by atoms with Gasteiger partial charge in [0.25, 0.3) is 11.8 Å². The van der Waals surface area contributed by atoms with Crippen LogP contribution < -0.4 is 4.90 Å². The third-order valence-electron chi connectivity index (χ3n) is 6.25. The fraction of sp³-hybridized carbons (Fsp3) is 0.545. The Bertz CT molecular complexity index is 864. The highest BCUT2D eigenvalue weighted by Crippen LogP contribution is 2.31. The zero-order valence-corrected chi connectivity index (χ0v) is 17.3. The molecule has 1 aromatic heterocycles. The monoisotopic (exact) mass is 396 g/mol. The number of nitrogens with zero attached hydrogens (tertiary/aromatic N) is 4. The Hall–Kier alpha value is -2.70. The van der Waals surface area contributed by atoms with Crippen molar-refractivity contribution in [1.82, 2.24) is 15.0 Å². The molecule has 0 unspecified atom stereocenters. The number of fused-ring (bicyclic) bond motifs is 1. The van der Waals surface area contributed by atoms with Gasteiger partial charge in [0.05, 0.1) is 11.1 Å². The minimum atomic E-state index is -0.162. The SMILES string of the molecule is CC(C)c1noc(N2CCC([C@H](C)CCN3C(=O)c4ccccc4C3=O)CC2)n1. The van der Waals surface area contributed by atoms with Crippen LogP contribution in [0.25, 0.3) is 0 Å². The summed E-state index contributed by atoms with van der Waals surface area (Å²) in [6.07, 6.45) is 2.92. The lowest BCUT2D eigenvalue weighted by atomic mass is 9.83. The van der Waals surface area contributed by atoms with Gasteiger partial charge in [0.2, 0.25) is 0 Å². The van der Waals surface area contributed by atoms with E-state index in [4.69, 9.17) is 4.52 Å². The van der Waals surface area contributed by atoms with Gasteiger partial charge in [0.1, 0.15) is 0 Å². The van der Waals surface area contributed by atoms with Gasteiger partial charge in [-0.1, -0.05) is 38.1 Å². The molecule has 7 heteroatoms. The van der Waals surface area contributed by atoms with Gasteiger partial charge in [-0.2, -0.15) is 4.98 Å². The average molecular weight is 396 g/mol. The Balaban J connectivity index is 1.29. The molecule has 3 heterocycles. The molecule has 0 saturated carbocycles. The second kappa shape index (κ2) is 7.97. The highest BCUT2D eigenvalue weighted by Gasteiger charge is 2.35. The highest BCUT2D eigenvalue weighted by molar-refractivity contribution is 6.21. The second-order valence-corrected chi connectivity index (χ2v) is 8.49. The molecule has 0 radical (unpaired) electrons. The Morgan fingerprint density at radius 3 is 2.24 bits per heavy atom. The molecule has 154 valence electrons. The Morgan fingerprint density at radius 1 is 1.07 bits per heavy atom. The fourth-order valence-electron chi connectivity index (χ4n) is 4.26. The van der Waals surface area contributed by atoms with Gasteiger partial charge in [0, 0.05) is 25.6 Å². The normalized spacial score (nSPS) is 18.6. The first kappa shape index (κ1) is 19.6. The van der Waals surface area contributed by atoms with Crippen molar-refractivity contribution in [2.45, 2.75) is 46.0 Å². The number of rotatable bonds is 6. The molecule has 2 aliphatic heterocycles. The molecule has 0 N–H and O–H groups in total. The topological polar surface area (TPSA) is 79.5 Å². The second-order valence-electron chi connectivity index (χ2n) is 8.49. The highest BCUT2D eigenvalue weighted by atomic mass is 16.5. The molecule has 1 aromatic carbocycles. The first-order chi connectivity index (χ1) is 14.0. The van der Waals surface area contributed by atoms with Gasteiger partial charge in [-0.15, -0.1) is 0 Å². The number of anilines is 1. The van der Waals surface area contributed by atoms with Crippen molar-refractivity contribution in [2.24, 2.45) is 11.8 Å². The number of carbonyl (C=O) groups is 2. The molecule has 0 spiro atoms. The lowest BCUT2D eigenvalue weighted by Crippen LogP contribution is -2.37. The summed E-state index contributed by atoms with van der Waals surface area (Å²) < 4.78 is 5.41. The van der Waals surface area contributed by atoms with E-state index in [1.807, 2.05) is 0 Å². The third-order valence-corrected chi connectivity index (χ3v) is 6.25. The van der Waals surface area contributed by atoms with Gasteiger partial charge in [-0.05, 0) is 43.2 Å². The molecule has 1 atom stereocenters. The maximum absolute atomic E-state index is 12.5. The van der Waals surface area contributed by atoms with Gasteiger partial charge in [0.15, 0.2) is 5.82 Å². The number of piperidine rings is 1. The Kier molecular flexibility index (Phi) is 5.39. The number of carbonyl (C=O) groups excluding carboxylic acids is 2. The van der Waals surface area contributed by atoms with Crippen LogP contribution in [0.4, 0.5) is 6.01 Å². The number of benzene rings is 1. The van der Waals surface area contributed by atoms with Crippen LogP contribution in [-0.2, 0) is 0 Å². The van der Waals surface area contributed by atoms with Crippen LogP contribution in [0.2, 0.25) is 0 Å². The molecule has 1 saturated heterocycles. The molecule has 1 fully saturated rings. The third kappa shape index (κ3) is 3.78. The van der Waals surface area contributed by atoms with Crippen molar-refractivity contribution in [1.29, 1.82) is 0 Å². The van der Waals surface area contributed by atoms with Crippen LogP contribution in [0, 0.1) is 11.8 Å². The molecule has 2 aromatic rings. The summed E-state index contributed by atoms with van der Waals surface area (Å²) in [6.45, 7) is 8.59. The quantitative estimate of drug-likeness (QED) is 0.692. The summed E-state index contributed by atoms with van der Waals surface area (Å²) in [5.74, 6) is 1.68. The predicted molar refractivity (Wildman–Crippen MR) is 109 cm³/mol. The van der Waals surface area contributed by atoms with E-state index >= 15 is 0 Å². The molecule has 29 heavy (non-hydrogen) atoms. The van der Waals surface area contributed by atoms with Crippen molar-refractivity contribution in [3.05, 3.63) is 41.2 Å². The minimum Gasteiger partial charge on any atom is -0.324 e. The van der Waals surface area contributed by atoms with Crippen molar-refractivity contribution >= 4 is 17.8 Å². The van der Waals surface area contributed by atoms with Gasteiger partial charge in [-0.25, -0.2) is 0 Å². The van der Waals surface area contributed by atoms with E-state index < -0.39 is 0 Å². The van der Waals surface area contributed by atoms with Gasteiger partial charge in [-0.3, -0.25) is 14.5 Å². The Morgan fingerprint density at radius 2 is 1.69 bits per heavy atom. The molecular weight excluding hydrogens is 368 g/mol. The molecule has 7 nitrogen and oxygen atoms in total. The first-order valence-corrected chi connectivity index (χ1v) is 10.5. The van der Waals surface area contributed by atoms with E-state index in [0.717, 1.165) is 38.2 Å². The van der Waals surface area contributed by atoms with Crippen LogP contribution in [0.15, 0.2) is 28.8 Å². The van der Waals surface area contributed by atoms with E-state index in [0.29, 0.717) is 35.5 Å². The standard InChI is InChI=1S/C22H28N4O3/c1-14(2)19-23-22(29-24-19)25-11-9-16(10-12-25)15(3)8-13-26-20(27)17-6-4-5-7-18(17)21(26)28/h4-7,14-16H,8-13H2,1-3H3/t15-/m1/s1. The molecule has 2 aliphatic rings. The average Bonchev–Trinajstić information content (AvgIpc) is 3.32. The van der Waals surface area contributed by atoms with Crippen molar-refractivity contribution in [2.75, 3.05) is 24.5 Å². The summed E-state index contributed by atoms with van der Waals surface area (Å²) in [6, 6.07) is 7.69. The van der Waals surface area contributed by atoms with Crippen LogP contribution in [0.3, 0.4) is 0 Å². The summed E-state index contributed by atoms with van der Waals surface area (Å²) >= 11 is 0. The van der Waals surface area contributed by atoms with E-state index in [9.17, 15) is 9.59 Å². The zero-order valence-electron chi connectivity index (χ0n) is 17.3. The zero-order chi connectivity index (χ0) is 20.5. The van der Waals surface area contributed by atoms with Gasteiger partial charge >= 0.3 is 6.01 Å². The number of amides is 2. The minimum absolute atomic E-state index is 0.162. The largest absolute Gasteiger partial charge is 0.324 e. The summed E-state index contributed by atoms with van der Waals surface area (Å²) in [4.78, 5) is 33.1. The molecule has 4 rings (SSSR count). The van der Waals surface area contributed by atoms with Crippen molar-refractivity contribution in [3.63, 3.8) is 0 Å². The molecule has 0 aliphatic carbocycles. The maximum atomic E-state index is 12.5. The van der Waals surface area contributed by atoms with Crippen LogP contribution in [-0.4, -0.2) is 46.5 Å². The fourth-order valence-corrected chi connectivity index (χ4v) is 4.26. The van der Waals surface area contributed by atoms with E-state index in [1.165, 1.54) is 4.90 Å². The van der Waals surface area contributed by atoms with Crippen LogP contribution >= 0.6 is 0 Å². The molecule has 0 bridgehead atoms. The summed E-state index contributed by atoms with van der Waals surface area (Å²) in [5, 5.41) is 4.05. The van der Waals surface area contributed by atoms with Crippen LogP contribution in [0.5, 0.6) is 0 Å². The number of aromatic nitrogens is 2.